The first-order valence-electron chi connectivity index (χ1n) is 5.43. The van der Waals surface area contributed by atoms with E-state index in [1.165, 1.54) is 42.7 Å². The molecule has 2 aromatic rings. The van der Waals surface area contributed by atoms with Crippen LogP contribution in [0.3, 0.4) is 0 Å². The van der Waals surface area contributed by atoms with Crippen molar-refractivity contribution in [3.8, 4) is 16.2 Å². The maximum Gasteiger partial charge on any atom is 0.573 e. The molecular weight excluding hydrogens is 293 g/mol. The van der Waals surface area contributed by atoms with E-state index in [1.807, 2.05) is 0 Å². The van der Waals surface area contributed by atoms with Crippen molar-refractivity contribution in [2.45, 2.75) is 6.36 Å². The summed E-state index contributed by atoms with van der Waals surface area (Å²) in [7, 11) is 1.28. The summed E-state index contributed by atoms with van der Waals surface area (Å²) in [5.74, 6) is -0.732. The van der Waals surface area contributed by atoms with Crippen molar-refractivity contribution in [2.75, 3.05) is 7.11 Å². The number of carbonyl (C=O) groups excluding carboxylic acids is 1. The molecule has 3 nitrogen and oxygen atoms in total. The van der Waals surface area contributed by atoms with Gasteiger partial charge in [-0.3, -0.25) is 0 Å². The first-order valence-corrected chi connectivity index (χ1v) is 6.25. The monoisotopic (exact) mass is 302 g/mol. The summed E-state index contributed by atoms with van der Waals surface area (Å²) in [6, 6.07) is 8.74. The lowest BCUT2D eigenvalue weighted by atomic mass is 10.2. The highest BCUT2D eigenvalue weighted by Gasteiger charge is 2.30. The number of thiophene rings is 1. The average molecular weight is 302 g/mol. The van der Waals surface area contributed by atoms with Crippen LogP contribution in [0.15, 0.2) is 36.4 Å². The van der Waals surface area contributed by atoms with E-state index >= 15 is 0 Å². The molecule has 106 valence electrons. The van der Waals surface area contributed by atoms with Gasteiger partial charge in [-0.25, -0.2) is 4.79 Å². The molecular formula is C13H9F3O3S. The van der Waals surface area contributed by atoms with Gasteiger partial charge in [-0.05, 0) is 42.0 Å². The standard InChI is InChI=1S/C13H9F3O3S/c1-18-12(17)11-7-6-10(20-11)8-2-4-9(5-3-8)19-13(14,15)16/h2-7H,1H3. The first-order chi connectivity index (χ1) is 9.39. The second kappa shape index (κ2) is 5.54. The summed E-state index contributed by atoms with van der Waals surface area (Å²) < 4.78 is 44.4. The summed E-state index contributed by atoms with van der Waals surface area (Å²) in [6.45, 7) is 0. The van der Waals surface area contributed by atoms with Gasteiger partial charge in [-0.15, -0.1) is 24.5 Å². The highest BCUT2D eigenvalue weighted by molar-refractivity contribution is 7.17. The molecule has 0 aliphatic rings. The lowest BCUT2D eigenvalue weighted by Gasteiger charge is -2.08. The zero-order valence-corrected chi connectivity index (χ0v) is 11.0. The molecule has 0 fully saturated rings. The summed E-state index contributed by atoms with van der Waals surface area (Å²) in [5.41, 5.74) is 0.694. The summed E-state index contributed by atoms with van der Waals surface area (Å²) >= 11 is 1.20. The van der Waals surface area contributed by atoms with Crippen LogP contribution in [0.25, 0.3) is 10.4 Å². The van der Waals surface area contributed by atoms with Crippen LogP contribution in [-0.2, 0) is 4.74 Å². The van der Waals surface area contributed by atoms with E-state index in [9.17, 15) is 18.0 Å². The number of esters is 1. The normalized spacial score (nSPS) is 11.2. The van der Waals surface area contributed by atoms with Gasteiger partial charge in [0.15, 0.2) is 0 Å². The Balaban J connectivity index is 2.18. The quantitative estimate of drug-likeness (QED) is 0.801. The van der Waals surface area contributed by atoms with Gasteiger partial charge in [0.1, 0.15) is 10.6 Å². The highest BCUT2D eigenvalue weighted by atomic mass is 32.1. The third kappa shape index (κ3) is 3.51. The van der Waals surface area contributed by atoms with Crippen molar-refractivity contribution in [1.82, 2.24) is 0 Å². The molecule has 1 aromatic heterocycles. The van der Waals surface area contributed by atoms with Crippen LogP contribution in [-0.4, -0.2) is 19.4 Å². The van der Waals surface area contributed by atoms with Gasteiger partial charge in [-0.1, -0.05) is 0 Å². The number of hydrogen-bond acceptors (Lipinski definition) is 4. The van der Waals surface area contributed by atoms with Gasteiger partial charge in [-0.2, -0.15) is 0 Å². The number of alkyl halides is 3. The minimum atomic E-state index is -4.71. The first kappa shape index (κ1) is 14.4. The van der Waals surface area contributed by atoms with E-state index in [4.69, 9.17) is 0 Å². The van der Waals surface area contributed by atoms with Gasteiger partial charge < -0.3 is 9.47 Å². The molecule has 0 bridgehead atoms. The van der Waals surface area contributed by atoms with E-state index in [2.05, 4.69) is 9.47 Å². The molecule has 0 saturated heterocycles. The van der Waals surface area contributed by atoms with E-state index in [1.54, 1.807) is 12.1 Å². The number of methoxy groups -OCH3 is 1. The summed E-state index contributed by atoms with van der Waals surface area (Å²) in [6.07, 6.45) is -4.71. The number of carbonyl (C=O) groups is 1. The van der Waals surface area contributed by atoms with E-state index in [0.717, 1.165) is 4.88 Å². The number of benzene rings is 1. The van der Waals surface area contributed by atoms with Crippen LogP contribution >= 0.6 is 11.3 Å². The molecule has 0 N–H and O–H groups in total. The number of hydrogen-bond donors (Lipinski definition) is 0. The third-order valence-corrected chi connectivity index (χ3v) is 3.48. The van der Waals surface area contributed by atoms with E-state index < -0.39 is 12.3 Å². The Morgan fingerprint density at radius 3 is 2.30 bits per heavy atom. The second-order valence-electron chi connectivity index (χ2n) is 3.73. The topological polar surface area (TPSA) is 35.5 Å². The van der Waals surface area contributed by atoms with Crippen LogP contribution in [0.5, 0.6) is 5.75 Å². The predicted molar refractivity (Wildman–Crippen MR) is 67.8 cm³/mol. The van der Waals surface area contributed by atoms with Crippen molar-refractivity contribution in [3.05, 3.63) is 41.3 Å². The van der Waals surface area contributed by atoms with Crippen molar-refractivity contribution in [1.29, 1.82) is 0 Å². The second-order valence-corrected chi connectivity index (χ2v) is 4.81. The third-order valence-electron chi connectivity index (χ3n) is 2.36. The van der Waals surface area contributed by atoms with E-state index in [0.29, 0.717) is 10.4 Å². The fourth-order valence-corrected chi connectivity index (χ4v) is 2.45. The molecule has 1 aromatic carbocycles. The zero-order valence-electron chi connectivity index (χ0n) is 10.2. The van der Waals surface area contributed by atoms with Crippen LogP contribution < -0.4 is 4.74 Å². The minimum Gasteiger partial charge on any atom is -0.465 e. The molecule has 0 aliphatic heterocycles. The SMILES string of the molecule is COC(=O)c1ccc(-c2ccc(OC(F)(F)F)cc2)s1. The van der Waals surface area contributed by atoms with E-state index in [-0.39, 0.29) is 5.75 Å². The minimum absolute atomic E-state index is 0.286. The number of ether oxygens (including phenoxy) is 2. The lowest BCUT2D eigenvalue weighted by Crippen LogP contribution is -2.16. The lowest BCUT2D eigenvalue weighted by molar-refractivity contribution is -0.274. The predicted octanol–water partition coefficient (Wildman–Crippen LogP) is 4.10. The van der Waals surface area contributed by atoms with Gasteiger partial charge in [0, 0.05) is 4.88 Å². The van der Waals surface area contributed by atoms with Gasteiger partial charge in [0.2, 0.25) is 0 Å². The van der Waals surface area contributed by atoms with Crippen LogP contribution in [0, 0.1) is 0 Å². The maximum absolute atomic E-state index is 12.0. The molecule has 0 unspecified atom stereocenters. The largest absolute Gasteiger partial charge is 0.573 e. The molecule has 0 radical (unpaired) electrons. The Hall–Kier alpha value is -2.02. The summed E-state index contributed by atoms with van der Waals surface area (Å²) in [5, 5.41) is 0. The number of halogens is 3. The van der Waals surface area contributed by atoms with Crippen molar-refractivity contribution in [2.24, 2.45) is 0 Å². The van der Waals surface area contributed by atoms with Crippen LogP contribution in [0.2, 0.25) is 0 Å². The Bertz CT molecular complexity index is 602. The molecule has 20 heavy (non-hydrogen) atoms. The van der Waals surface area contributed by atoms with Gasteiger partial charge in [0.25, 0.3) is 0 Å². The molecule has 0 amide bonds. The Morgan fingerprint density at radius 2 is 1.75 bits per heavy atom. The fraction of sp³-hybridized carbons (Fsp3) is 0.154. The van der Waals surface area contributed by atoms with Crippen LogP contribution in [0.4, 0.5) is 13.2 Å². The Labute approximate surface area is 116 Å². The summed E-state index contributed by atoms with van der Waals surface area (Å²) in [4.78, 5) is 12.5. The average Bonchev–Trinajstić information content (AvgIpc) is 2.86. The van der Waals surface area contributed by atoms with Crippen molar-refractivity contribution in [3.63, 3.8) is 0 Å². The van der Waals surface area contributed by atoms with Crippen molar-refractivity contribution < 1.29 is 27.4 Å². The Kier molecular flexibility index (Phi) is 3.99. The molecule has 2 rings (SSSR count). The highest BCUT2D eigenvalue weighted by Crippen LogP contribution is 2.31. The maximum atomic E-state index is 12.0. The molecule has 0 saturated carbocycles. The molecule has 7 heteroatoms. The number of rotatable bonds is 3. The molecule has 0 spiro atoms. The Morgan fingerprint density at radius 1 is 1.10 bits per heavy atom. The van der Waals surface area contributed by atoms with Gasteiger partial charge >= 0.3 is 12.3 Å². The van der Waals surface area contributed by atoms with Crippen LogP contribution in [0.1, 0.15) is 9.67 Å². The molecule has 0 aliphatic carbocycles. The molecule has 1 heterocycles. The smallest absolute Gasteiger partial charge is 0.465 e. The van der Waals surface area contributed by atoms with Crippen molar-refractivity contribution >= 4 is 17.3 Å². The fourth-order valence-electron chi connectivity index (χ4n) is 1.52. The molecule has 0 atom stereocenters. The zero-order chi connectivity index (χ0) is 14.8. The van der Waals surface area contributed by atoms with Gasteiger partial charge in [0.05, 0.1) is 7.11 Å².